The van der Waals surface area contributed by atoms with E-state index in [1.807, 2.05) is 0 Å². The summed E-state index contributed by atoms with van der Waals surface area (Å²) in [4.78, 5) is 0. The van der Waals surface area contributed by atoms with E-state index < -0.39 is 6.10 Å². The minimum atomic E-state index is -0.759. The van der Waals surface area contributed by atoms with Gasteiger partial charge in [0.05, 0.1) is 6.20 Å². The summed E-state index contributed by atoms with van der Waals surface area (Å²) < 4.78 is 1.63. The second kappa shape index (κ2) is 4.45. The molecule has 3 nitrogen and oxygen atoms in total. The Balaban J connectivity index is 2.37. The number of aryl methyl sites for hydroxylation is 1. The van der Waals surface area contributed by atoms with Crippen LogP contribution in [0, 0.1) is 0 Å². The van der Waals surface area contributed by atoms with Crippen molar-refractivity contribution >= 4 is 23.2 Å². The Hall–Kier alpha value is -1.03. The molecule has 5 heteroatoms. The molecule has 1 heterocycles. The first-order valence-electron chi connectivity index (χ1n) is 4.69. The van der Waals surface area contributed by atoms with Crippen molar-refractivity contribution in [2.24, 2.45) is 7.05 Å². The minimum Gasteiger partial charge on any atom is -0.384 e. The summed E-state index contributed by atoms with van der Waals surface area (Å²) in [5.74, 6) is 0. The maximum absolute atomic E-state index is 10.1. The van der Waals surface area contributed by atoms with Crippen LogP contribution < -0.4 is 0 Å². The molecule has 1 N–H and O–H groups in total. The van der Waals surface area contributed by atoms with Gasteiger partial charge >= 0.3 is 0 Å². The number of hydrogen-bond acceptors (Lipinski definition) is 2. The van der Waals surface area contributed by atoms with E-state index in [4.69, 9.17) is 23.2 Å². The van der Waals surface area contributed by atoms with Gasteiger partial charge in [0.2, 0.25) is 0 Å². The Morgan fingerprint density at radius 1 is 1.19 bits per heavy atom. The van der Waals surface area contributed by atoms with Crippen molar-refractivity contribution in [2.45, 2.75) is 6.10 Å². The number of aliphatic hydroxyl groups is 1. The number of nitrogens with zero attached hydrogens (tertiary/aromatic N) is 2. The Morgan fingerprint density at radius 2 is 1.81 bits per heavy atom. The molecule has 16 heavy (non-hydrogen) atoms. The van der Waals surface area contributed by atoms with Crippen molar-refractivity contribution in [3.05, 3.63) is 51.8 Å². The van der Waals surface area contributed by atoms with Gasteiger partial charge in [-0.25, -0.2) is 0 Å². The van der Waals surface area contributed by atoms with Gasteiger partial charge in [0, 0.05) is 28.9 Å². The predicted molar refractivity (Wildman–Crippen MR) is 63.7 cm³/mol. The molecule has 0 aliphatic rings. The highest BCUT2D eigenvalue weighted by Crippen LogP contribution is 2.27. The van der Waals surface area contributed by atoms with Gasteiger partial charge in [0.1, 0.15) is 6.10 Å². The molecule has 0 aliphatic heterocycles. The largest absolute Gasteiger partial charge is 0.384 e. The van der Waals surface area contributed by atoms with Crippen LogP contribution in [0.1, 0.15) is 17.2 Å². The van der Waals surface area contributed by atoms with Crippen LogP contribution in [0.25, 0.3) is 0 Å². The van der Waals surface area contributed by atoms with Gasteiger partial charge in [0.25, 0.3) is 0 Å². The number of aliphatic hydroxyl groups excluding tert-OH is 1. The van der Waals surface area contributed by atoms with Crippen molar-refractivity contribution in [1.82, 2.24) is 9.78 Å². The van der Waals surface area contributed by atoms with Gasteiger partial charge in [-0.2, -0.15) is 5.10 Å². The number of benzene rings is 1. The molecule has 0 bridgehead atoms. The molecule has 0 radical (unpaired) electrons. The van der Waals surface area contributed by atoms with E-state index >= 15 is 0 Å². The molecular weight excluding hydrogens is 247 g/mol. The fourth-order valence-corrected chi connectivity index (χ4v) is 2.05. The van der Waals surface area contributed by atoms with Crippen LogP contribution in [0.5, 0.6) is 0 Å². The first-order chi connectivity index (χ1) is 7.56. The molecule has 0 saturated carbocycles. The molecule has 1 atom stereocenters. The molecule has 1 unspecified atom stereocenters. The van der Waals surface area contributed by atoms with Crippen LogP contribution in [0.4, 0.5) is 0 Å². The lowest BCUT2D eigenvalue weighted by molar-refractivity contribution is 0.220. The summed E-state index contributed by atoms with van der Waals surface area (Å²) in [5.41, 5.74) is 1.37. The number of aromatic nitrogens is 2. The Kier molecular flexibility index (Phi) is 3.19. The molecule has 0 spiro atoms. The van der Waals surface area contributed by atoms with E-state index in [2.05, 4.69) is 5.10 Å². The molecule has 0 saturated heterocycles. The Bertz CT molecular complexity index is 490. The lowest BCUT2D eigenvalue weighted by Gasteiger charge is -2.09. The maximum Gasteiger partial charge on any atom is 0.107 e. The number of hydrogen-bond donors (Lipinski definition) is 1. The summed E-state index contributed by atoms with van der Waals surface area (Å²) >= 11 is 11.7. The third-order valence-electron chi connectivity index (χ3n) is 2.24. The van der Waals surface area contributed by atoms with Gasteiger partial charge < -0.3 is 5.11 Å². The summed E-state index contributed by atoms with van der Waals surface area (Å²) in [5, 5.41) is 15.1. The van der Waals surface area contributed by atoms with Gasteiger partial charge in [-0.15, -0.1) is 0 Å². The molecule has 1 aromatic heterocycles. The normalized spacial score (nSPS) is 12.8. The van der Waals surface area contributed by atoms with Gasteiger partial charge in [-0.05, 0) is 23.8 Å². The second-order valence-electron chi connectivity index (χ2n) is 3.55. The Morgan fingerprint density at radius 3 is 2.31 bits per heavy atom. The van der Waals surface area contributed by atoms with Crippen LogP contribution in [0.15, 0.2) is 30.6 Å². The highest BCUT2D eigenvalue weighted by Gasteiger charge is 2.13. The second-order valence-corrected chi connectivity index (χ2v) is 4.43. The van der Waals surface area contributed by atoms with Crippen molar-refractivity contribution in [2.75, 3.05) is 0 Å². The molecule has 2 aromatic rings. The van der Waals surface area contributed by atoms with Crippen molar-refractivity contribution in [1.29, 1.82) is 0 Å². The van der Waals surface area contributed by atoms with E-state index in [9.17, 15) is 5.11 Å². The zero-order chi connectivity index (χ0) is 11.7. The third-order valence-corrected chi connectivity index (χ3v) is 2.68. The average Bonchev–Trinajstić information content (AvgIpc) is 2.62. The first kappa shape index (κ1) is 11.5. The highest BCUT2D eigenvalue weighted by molar-refractivity contribution is 6.34. The van der Waals surface area contributed by atoms with Gasteiger partial charge in [-0.3, -0.25) is 4.68 Å². The predicted octanol–water partition coefficient (Wildman–Crippen LogP) is 2.81. The summed E-state index contributed by atoms with van der Waals surface area (Å²) in [7, 11) is 1.79. The molecule has 1 aromatic carbocycles. The van der Waals surface area contributed by atoms with Crippen LogP contribution in [-0.4, -0.2) is 14.9 Å². The lowest BCUT2D eigenvalue weighted by atomic mass is 10.1. The van der Waals surface area contributed by atoms with Crippen molar-refractivity contribution < 1.29 is 5.11 Å². The lowest BCUT2D eigenvalue weighted by Crippen LogP contribution is -1.98. The highest BCUT2D eigenvalue weighted by atomic mass is 35.5. The van der Waals surface area contributed by atoms with Crippen LogP contribution in [0.3, 0.4) is 0 Å². The molecule has 2 rings (SSSR count). The first-order valence-corrected chi connectivity index (χ1v) is 5.44. The van der Waals surface area contributed by atoms with Gasteiger partial charge in [0.15, 0.2) is 0 Å². The quantitative estimate of drug-likeness (QED) is 0.898. The zero-order valence-corrected chi connectivity index (χ0v) is 10.1. The van der Waals surface area contributed by atoms with E-state index in [0.717, 1.165) is 0 Å². The maximum atomic E-state index is 10.1. The average molecular weight is 257 g/mol. The molecule has 0 amide bonds. The SMILES string of the molecule is Cn1cc(C(O)c2cc(Cl)cc(Cl)c2)cn1. The summed E-state index contributed by atoms with van der Waals surface area (Å²) in [6.45, 7) is 0. The summed E-state index contributed by atoms with van der Waals surface area (Å²) in [6, 6.07) is 5.00. The number of halogens is 2. The van der Waals surface area contributed by atoms with E-state index in [1.54, 1.807) is 42.3 Å². The Labute approximate surface area is 103 Å². The zero-order valence-electron chi connectivity index (χ0n) is 8.56. The van der Waals surface area contributed by atoms with E-state index in [0.29, 0.717) is 21.2 Å². The van der Waals surface area contributed by atoms with Crippen LogP contribution in [0.2, 0.25) is 10.0 Å². The van der Waals surface area contributed by atoms with Crippen LogP contribution >= 0.6 is 23.2 Å². The van der Waals surface area contributed by atoms with Crippen LogP contribution in [-0.2, 0) is 7.05 Å². The van der Waals surface area contributed by atoms with Crippen molar-refractivity contribution in [3.63, 3.8) is 0 Å². The van der Waals surface area contributed by atoms with E-state index in [1.165, 1.54) is 0 Å². The smallest absolute Gasteiger partial charge is 0.107 e. The third kappa shape index (κ3) is 2.38. The topological polar surface area (TPSA) is 38.0 Å². The van der Waals surface area contributed by atoms with E-state index in [-0.39, 0.29) is 0 Å². The molecule has 0 fully saturated rings. The molecule has 84 valence electrons. The molecular formula is C11H10Cl2N2O. The van der Waals surface area contributed by atoms with Gasteiger partial charge in [-0.1, -0.05) is 23.2 Å². The molecule has 0 aliphatic carbocycles. The standard InChI is InChI=1S/C11H10Cl2N2O/c1-15-6-8(5-14-15)11(16)7-2-9(12)4-10(13)3-7/h2-6,11,16H,1H3. The minimum absolute atomic E-state index is 0.505. The number of rotatable bonds is 2. The fraction of sp³-hybridized carbons (Fsp3) is 0.182. The monoisotopic (exact) mass is 256 g/mol. The summed E-state index contributed by atoms with van der Waals surface area (Å²) in [6.07, 6.45) is 2.60. The fourth-order valence-electron chi connectivity index (χ4n) is 1.51. The van der Waals surface area contributed by atoms with Crippen molar-refractivity contribution in [3.8, 4) is 0 Å².